The first-order chi connectivity index (χ1) is 10.8. The van der Waals surface area contributed by atoms with Crippen LogP contribution in [0.3, 0.4) is 0 Å². The zero-order valence-corrected chi connectivity index (χ0v) is 12.6. The number of hydrogen-bond acceptors (Lipinski definition) is 4. The van der Waals surface area contributed by atoms with Gasteiger partial charge in [0, 0.05) is 6.54 Å². The van der Waals surface area contributed by atoms with Gasteiger partial charge in [-0.05, 0) is 37.8 Å². The second-order valence-corrected chi connectivity index (χ2v) is 5.89. The molecule has 0 aromatic heterocycles. The quantitative estimate of drug-likeness (QED) is 0.864. The number of amides is 1. The first kappa shape index (κ1) is 14.9. The van der Waals surface area contributed by atoms with Crippen molar-refractivity contribution in [3.63, 3.8) is 0 Å². The average molecular weight is 302 g/mol. The Morgan fingerprint density at radius 1 is 1.41 bits per heavy atom. The van der Waals surface area contributed by atoms with Gasteiger partial charge in [-0.2, -0.15) is 0 Å². The Balaban J connectivity index is 1.84. The maximum Gasteiger partial charge on any atom is 0.221 e. The molecule has 1 fully saturated rings. The lowest BCUT2D eigenvalue weighted by Gasteiger charge is -2.39. The van der Waals surface area contributed by atoms with Crippen molar-refractivity contribution in [2.24, 2.45) is 11.7 Å². The molecule has 5 heteroatoms. The molecule has 5 nitrogen and oxygen atoms in total. The Morgan fingerprint density at radius 2 is 2.32 bits per heavy atom. The van der Waals surface area contributed by atoms with Crippen molar-refractivity contribution in [1.82, 2.24) is 4.90 Å². The van der Waals surface area contributed by atoms with Crippen LogP contribution in [0.5, 0.6) is 0 Å². The van der Waals surface area contributed by atoms with Crippen LogP contribution in [0.2, 0.25) is 0 Å². The van der Waals surface area contributed by atoms with E-state index < -0.39 is 0 Å². The van der Waals surface area contributed by atoms with Crippen molar-refractivity contribution in [3.05, 3.63) is 48.3 Å². The molecule has 118 valence electrons. The van der Waals surface area contributed by atoms with E-state index in [-0.39, 0.29) is 17.9 Å². The predicted octanol–water partition coefficient (Wildman–Crippen LogP) is 2.19. The highest BCUT2D eigenvalue weighted by Crippen LogP contribution is 2.31. The zero-order valence-electron chi connectivity index (χ0n) is 12.6. The normalized spacial score (nSPS) is 26.5. The second-order valence-electron chi connectivity index (χ2n) is 5.89. The van der Waals surface area contributed by atoms with E-state index in [0.717, 1.165) is 38.0 Å². The third-order valence-electron chi connectivity index (χ3n) is 4.41. The summed E-state index contributed by atoms with van der Waals surface area (Å²) in [5, 5.41) is 0. The fourth-order valence-corrected chi connectivity index (χ4v) is 3.32. The van der Waals surface area contributed by atoms with E-state index in [1.165, 1.54) is 11.8 Å². The Morgan fingerprint density at radius 3 is 3.00 bits per heavy atom. The lowest BCUT2D eigenvalue weighted by Crippen LogP contribution is -2.48. The number of hydrogen-bond donors (Lipinski definition) is 1. The standard InChI is InChI=1S/C17H22N2O3/c18-17(20)14-7-4-8-19(11-14)16(13-5-2-1-3-6-13)15-12-21-9-10-22-15/h1-2,5,9-10,12,14,16H,3-4,6-8,11H2,(H2,18,20). The van der Waals surface area contributed by atoms with Crippen molar-refractivity contribution in [2.75, 3.05) is 13.1 Å². The summed E-state index contributed by atoms with van der Waals surface area (Å²) in [6, 6.07) is 0.0112. The minimum atomic E-state index is -0.212. The van der Waals surface area contributed by atoms with Crippen molar-refractivity contribution in [1.29, 1.82) is 0 Å². The van der Waals surface area contributed by atoms with Crippen LogP contribution in [0.4, 0.5) is 0 Å². The van der Waals surface area contributed by atoms with Crippen LogP contribution in [0.1, 0.15) is 25.7 Å². The fraction of sp³-hybridized carbons (Fsp3) is 0.471. The van der Waals surface area contributed by atoms with E-state index in [0.29, 0.717) is 6.54 Å². The molecule has 1 amide bonds. The van der Waals surface area contributed by atoms with Gasteiger partial charge in [-0.15, -0.1) is 0 Å². The van der Waals surface area contributed by atoms with Crippen LogP contribution in [0.25, 0.3) is 0 Å². The monoisotopic (exact) mass is 302 g/mol. The molecule has 2 aliphatic heterocycles. The highest BCUT2D eigenvalue weighted by Gasteiger charge is 2.34. The van der Waals surface area contributed by atoms with E-state index in [1.54, 1.807) is 12.5 Å². The van der Waals surface area contributed by atoms with Crippen LogP contribution in [-0.2, 0) is 14.3 Å². The molecule has 3 rings (SSSR count). The Kier molecular flexibility index (Phi) is 4.63. The third-order valence-corrected chi connectivity index (χ3v) is 4.41. The van der Waals surface area contributed by atoms with E-state index in [4.69, 9.17) is 15.2 Å². The number of ether oxygens (including phenoxy) is 2. The first-order valence-corrected chi connectivity index (χ1v) is 7.82. The number of nitrogens with two attached hydrogens (primary N) is 1. The smallest absolute Gasteiger partial charge is 0.221 e. The molecule has 2 heterocycles. The van der Waals surface area contributed by atoms with Gasteiger partial charge >= 0.3 is 0 Å². The van der Waals surface area contributed by atoms with Crippen LogP contribution >= 0.6 is 0 Å². The molecule has 22 heavy (non-hydrogen) atoms. The number of primary amides is 1. The summed E-state index contributed by atoms with van der Waals surface area (Å²) < 4.78 is 11.0. The Labute approximate surface area is 130 Å². The highest BCUT2D eigenvalue weighted by molar-refractivity contribution is 5.77. The van der Waals surface area contributed by atoms with Gasteiger partial charge < -0.3 is 15.2 Å². The summed E-state index contributed by atoms with van der Waals surface area (Å²) in [5.41, 5.74) is 6.80. The molecule has 0 aromatic carbocycles. The lowest BCUT2D eigenvalue weighted by molar-refractivity contribution is -0.123. The predicted molar refractivity (Wildman–Crippen MR) is 83.1 cm³/mol. The van der Waals surface area contributed by atoms with Crippen LogP contribution in [0, 0.1) is 5.92 Å². The fourth-order valence-electron chi connectivity index (χ4n) is 3.32. The minimum absolute atomic E-state index is 0.0112. The van der Waals surface area contributed by atoms with E-state index in [2.05, 4.69) is 23.1 Å². The topological polar surface area (TPSA) is 64.8 Å². The molecule has 0 spiro atoms. The van der Waals surface area contributed by atoms with Gasteiger partial charge in [0.05, 0.1) is 12.0 Å². The molecule has 0 bridgehead atoms. The lowest BCUT2D eigenvalue weighted by atomic mass is 9.90. The van der Waals surface area contributed by atoms with Gasteiger partial charge in [0.25, 0.3) is 0 Å². The van der Waals surface area contributed by atoms with Crippen LogP contribution in [0.15, 0.2) is 48.3 Å². The maximum atomic E-state index is 11.6. The minimum Gasteiger partial charge on any atom is -0.466 e. The van der Waals surface area contributed by atoms with Gasteiger partial charge in [0.2, 0.25) is 5.91 Å². The van der Waals surface area contributed by atoms with E-state index in [1.807, 2.05) is 0 Å². The molecule has 1 saturated heterocycles. The average Bonchev–Trinajstić information content (AvgIpc) is 2.57. The number of nitrogens with zero attached hydrogens (tertiary/aromatic N) is 1. The number of carbonyl (C=O) groups is 1. The second kappa shape index (κ2) is 6.83. The molecule has 0 radical (unpaired) electrons. The first-order valence-electron chi connectivity index (χ1n) is 7.82. The molecular formula is C17H22N2O3. The number of allylic oxidation sites excluding steroid dienone is 3. The zero-order chi connectivity index (χ0) is 15.4. The van der Waals surface area contributed by atoms with Gasteiger partial charge in [-0.25, -0.2) is 0 Å². The molecule has 1 aliphatic carbocycles. The number of likely N-dealkylation sites (tertiary alicyclic amines) is 1. The van der Waals surface area contributed by atoms with Gasteiger partial charge in [-0.1, -0.05) is 18.2 Å². The Bertz CT molecular complexity index is 548. The van der Waals surface area contributed by atoms with Crippen LogP contribution in [-0.4, -0.2) is 29.9 Å². The van der Waals surface area contributed by atoms with Crippen molar-refractivity contribution < 1.29 is 14.3 Å². The third kappa shape index (κ3) is 3.25. The molecule has 2 N–H and O–H groups in total. The van der Waals surface area contributed by atoms with Crippen molar-refractivity contribution >= 4 is 5.91 Å². The summed E-state index contributed by atoms with van der Waals surface area (Å²) in [6.45, 7) is 1.60. The molecule has 0 saturated carbocycles. The number of rotatable bonds is 4. The number of carbonyl (C=O) groups excluding carboxylic acids is 1. The summed E-state index contributed by atoms with van der Waals surface area (Å²) >= 11 is 0. The van der Waals surface area contributed by atoms with Crippen LogP contribution < -0.4 is 5.73 Å². The maximum absolute atomic E-state index is 11.6. The van der Waals surface area contributed by atoms with E-state index in [9.17, 15) is 4.79 Å². The van der Waals surface area contributed by atoms with Crippen molar-refractivity contribution in [3.8, 4) is 0 Å². The van der Waals surface area contributed by atoms with Gasteiger partial charge in [0.15, 0.2) is 5.76 Å². The summed E-state index contributed by atoms with van der Waals surface area (Å²) in [4.78, 5) is 13.9. The van der Waals surface area contributed by atoms with Crippen molar-refractivity contribution in [2.45, 2.75) is 31.7 Å². The largest absolute Gasteiger partial charge is 0.466 e. The SMILES string of the molecule is NC(=O)C1CCCN(C(C2=CC=CCC2)C2=COC=CO2)C1. The van der Waals surface area contributed by atoms with E-state index >= 15 is 0 Å². The van der Waals surface area contributed by atoms with Gasteiger partial charge in [0.1, 0.15) is 18.8 Å². The Hall–Kier alpha value is -2.01. The summed E-state index contributed by atoms with van der Waals surface area (Å²) in [5.74, 6) is 0.474. The highest BCUT2D eigenvalue weighted by atomic mass is 16.5. The summed E-state index contributed by atoms with van der Waals surface area (Å²) in [7, 11) is 0. The number of piperidine rings is 1. The molecule has 2 unspecified atom stereocenters. The van der Waals surface area contributed by atoms with Gasteiger partial charge in [-0.3, -0.25) is 9.69 Å². The molecule has 2 atom stereocenters. The molecular weight excluding hydrogens is 280 g/mol. The molecule has 3 aliphatic rings. The molecule has 0 aromatic rings. The summed E-state index contributed by atoms with van der Waals surface area (Å²) in [6.07, 6.45) is 15.0.